The Morgan fingerprint density at radius 2 is 2.03 bits per heavy atom. The molecule has 1 atom stereocenters. The normalized spacial score (nSPS) is 15.2. The van der Waals surface area contributed by atoms with Crippen LogP contribution in [0.3, 0.4) is 0 Å². The first-order chi connectivity index (χ1) is 16.1. The average molecular weight is 460 g/mol. The van der Waals surface area contributed by atoms with Crippen molar-refractivity contribution in [3.05, 3.63) is 83.4 Å². The van der Waals surface area contributed by atoms with Crippen molar-refractivity contribution in [3.63, 3.8) is 0 Å². The van der Waals surface area contributed by atoms with Crippen molar-refractivity contribution >= 4 is 39.9 Å². The predicted molar refractivity (Wildman–Crippen MR) is 129 cm³/mol. The van der Waals surface area contributed by atoms with E-state index in [0.29, 0.717) is 36.2 Å². The van der Waals surface area contributed by atoms with Gasteiger partial charge in [0.1, 0.15) is 30.6 Å². The summed E-state index contributed by atoms with van der Waals surface area (Å²) in [4.78, 5) is 17.5. The Morgan fingerprint density at radius 1 is 1.09 bits per heavy atom. The lowest BCUT2D eigenvalue weighted by Gasteiger charge is -2.12. The van der Waals surface area contributed by atoms with Crippen LogP contribution in [0.15, 0.2) is 72.1 Å². The summed E-state index contributed by atoms with van der Waals surface area (Å²) >= 11 is 6.47. The third-order valence-corrected chi connectivity index (χ3v) is 5.51. The molecule has 1 aliphatic heterocycles. The van der Waals surface area contributed by atoms with E-state index < -0.39 is 0 Å². The Hall–Kier alpha value is -3.71. The quantitative estimate of drug-likeness (QED) is 0.400. The molecule has 7 nitrogen and oxygen atoms in total. The van der Waals surface area contributed by atoms with Gasteiger partial charge in [0.25, 0.3) is 0 Å². The number of rotatable bonds is 7. The minimum atomic E-state index is 0.140. The number of hydrogen-bond donors (Lipinski definition) is 1. The lowest BCUT2D eigenvalue weighted by atomic mass is 10.1. The second-order valence-electron chi connectivity index (χ2n) is 7.79. The lowest BCUT2D eigenvalue weighted by molar-refractivity contribution is 0.241. The molecule has 0 aliphatic carbocycles. The number of ether oxygens (including phenoxy) is 2. The van der Waals surface area contributed by atoms with Crippen LogP contribution in [0.25, 0.3) is 10.9 Å². The highest BCUT2D eigenvalue weighted by molar-refractivity contribution is 6.32. The number of nitrogens with one attached hydrogen (secondary N) is 1. The summed E-state index contributed by atoms with van der Waals surface area (Å²) in [5.41, 5.74) is 3.57. The maximum absolute atomic E-state index is 6.47. The second-order valence-corrected chi connectivity index (χ2v) is 8.20. The molecule has 0 unspecified atom stereocenters. The zero-order valence-electron chi connectivity index (χ0n) is 18.0. The molecule has 0 amide bonds. The number of aliphatic imine (C=N–C) groups is 1. The maximum atomic E-state index is 6.47. The fourth-order valence-corrected chi connectivity index (χ4v) is 3.83. The van der Waals surface area contributed by atoms with E-state index >= 15 is 0 Å². The van der Waals surface area contributed by atoms with Crippen molar-refractivity contribution in [2.45, 2.75) is 26.1 Å². The van der Waals surface area contributed by atoms with Crippen LogP contribution in [0.5, 0.6) is 5.75 Å². The Balaban J connectivity index is 1.33. The fraction of sp³-hybridized carbons (Fsp3) is 0.200. The minimum absolute atomic E-state index is 0.140. The van der Waals surface area contributed by atoms with E-state index in [-0.39, 0.29) is 6.10 Å². The molecule has 0 radical (unpaired) electrons. The molecule has 8 heteroatoms. The van der Waals surface area contributed by atoms with Crippen LogP contribution in [0, 0.1) is 0 Å². The van der Waals surface area contributed by atoms with E-state index in [1.807, 2.05) is 55.5 Å². The van der Waals surface area contributed by atoms with Crippen LogP contribution >= 0.6 is 11.6 Å². The molecule has 3 heterocycles. The minimum Gasteiger partial charge on any atom is -0.486 e. The molecule has 5 rings (SSSR count). The highest BCUT2D eigenvalue weighted by Gasteiger charge is 2.16. The zero-order valence-corrected chi connectivity index (χ0v) is 18.8. The van der Waals surface area contributed by atoms with Gasteiger partial charge in [-0.1, -0.05) is 23.7 Å². The number of benzene rings is 2. The topological polar surface area (TPSA) is 81.5 Å². The largest absolute Gasteiger partial charge is 0.486 e. The number of halogens is 1. The zero-order chi connectivity index (χ0) is 22.6. The predicted octanol–water partition coefficient (Wildman–Crippen LogP) is 5.36. The standard InChI is InChI=1S/C25H22ClN5O2/c1-16-13-28-24(33-16)11-17-5-7-22-20(10-17)25(30-15-29-22)31-18-6-8-23(21(26)12-18)32-14-19-4-2-3-9-27-19/h2-10,12,15-16H,11,13-14H2,1H3,(H,29,30,31)/t16-/m0/s1. The average Bonchev–Trinajstić information content (AvgIpc) is 3.24. The Labute approximate surface area is 196 Å². The third-order valence-electron chi connectivity index (χ3n) is 5.21. The maximum Gasteiger partial charge on any atom is 0.188 e. The van der Waals surface area contributed by atoms with E-state index in [1.54, 1.807) is 12.5 Å². The first-order valence-electron chi connectivity index (χ1n) is 10.7. The van der Waals surface area contributed by atoms with Crippen molar-refractivity contribution in [1.82, 2.24) is 15.0 Å². The summed E-state index contributed by atoms with van der Waals surface area (Å²) in [6.45, 7) is 3.08. The van der Waals surface area contributed by atoms with Gasteiger partial charge in [-0.15, -0.1) is 0 Å². The third kappa shape index (κ3) is 5.04. The van der Waals surface area contributed by atoms with E-state index in [0.717, 1.165) is 33.7 Å². The van der Waals surface area contributed by atoms with E-state index in [1.165, 1.54) is 0 Å². The van der Waals surface area contributed by atoms with Crippen LogP contribution < -0.4 is 10.1 Å². The second kappa shape index (κ2) is 9.42. The number of anilines is 2. The molecular formula is C25H22ClN5O2. The summed E-state index contributed by atoms with van der Waals surface area (Å²) < 4.78 is 11.6. The number of nitrogens with zero attached hydrogens (tertiary/aromatic N) is 4. The Kier molecular flexibility index (Phi) is 6.04. The van der Waals surface area contributed by atoms with Gasteiger partial charge >= 0.3 is 0 Å². The van der Waals surface area contributed by atoms with Gasteiger partial charge in [0.15, 0.2) is 5.90 Å². The summed E-state index contributed by atoms with van der Waals surface area (Å²) in [6, 6.07) is 17.3. The van der Waals surface area contributed by atoms with Gasteiger partial charge in [-0.3, -0.25) is 9.98 Å². The van der Waals surface area contributed by atoms with Gasteiger partial charge in [0.05, 0.1) is 22.8 Å². The van der Waals surface area contributed by atoms with Crippen molar-refractivity contribution in [1.29, 1.82) is 0 Å². The van der Waals surface area contributed by atoms with Gasteiger partial charge in [0.2, 0.25) is 0 Å². The van der Waals surface area contributed by atoms with Gasteiger partial charge in [-0.05, 0) is 55.0 Å². The lowest BCUT2D eigenvalue weighted by Crippen LogP contribution is -2.09. The molecule has 33 heavy (non-hydrogen) atoms. The molecule has 0 fully saturated rings. The Bertz CT molecular complexity index is 1310. The SMILES string of the molecule is C[C@H]1CN=C(Cc2ccc3ncnc(Nc4ccc(OCc5ccccn5)c(Cl)c4)c3c2)O1. The molecular weight excluding hydrogens is 438 g/mol. The summed E-state index contributed by atoms with van der Waals surface area (Å²) in [7, 11) is 0. The van der Waals surface area contributed by atoms with Gasteiger partial charge in [-0.2, -0.15) is 0 Å². The van der Waals surface area contributed by atoms with Crippen molar-refractivity contribution < 1.29 is 9.47 Å². The van der Waals surface area contributed by atoms with Gasteiger partial charge in [-0.25, -0.2) is 9.97 Å². The molecule has 166 valence electrons. The van der Waals surface area contributed by atoms with Gasteiger partial charge < -0.3 is 14.8 Å². The molecule has 0 saturated carbocycles. The van der Waals surface area contributed by atoms with Gasteiger partial charge in [0, 0.05) is 23.7 Å². The van der Waals surface area contributed by atoms with Crippen LogP contribution in [0.2, 0.25) is 5.02 Å². The summed E-state index contributed by atoms with van der Waals surface area (Å²) in [5.74, 6) is 2.05. The molecule has 1 aliphatic rings. The van der Waals surface area contributed by atoms with Crippen molar-refractivity contribution in [3.8, 4) is 5.75 Å². The number of hydrogen-bond acceptors (Lipinski definition) is 7. The van der Waals surface area contributed by atoms with Crippen molar-refractivity contribution in [2.75, 3.05) is 11.9 Å². The highest BCUT2D eigenvalue weighted by atomic mass is 35.5. The van der Waals surface area contributed by atoms with E-state index in [9.17, 15) is 0 Å². The smallest absolute Gasteiger partial charge is 0.188 e. The fourth-order valence-electron chi connectivity index (χ4n) is 3.59. The van der Waals surface area contributed by atoms with Crippen LogP contribution in [0.4, 0.5) is 11.5 Å². The molecule has 4 aromatic rings. The van der Waals surface area contributed by atoms with Crippen LogP contribution in [0.1, 0.15) is 18.2 Å². The van der Waals surface area contributed by atoms with Crippen molar-refractivity contribution in [2.24, 2.45) is 4.99 Å². The number of fused-ring (bicyclic) bond motifs is 1. The first-order valence-corrected chi connectivity index (χ1v) is 11.0. The molecule has 2 aromatic heterocycles. The van der Waals surface area contributed by atoms with E-state index in [2.05, 4.69) is 31.3 Å². The molecule has 2 aromatic carbocycles. The number of aromatic nitrogens is 3. The monoisotopic (exact) mass is 459 g/mol. The first kappa shape index (κ1) is 21.2. The summed E-state index contributed by atoms with van der Waals surface area (Å²) in [5, 5.41) is 4.76. The number of pyridine rings is 1. The molecule has 1 N–H and O–H groups in total. The highest BCUT2D eigenvalue weighted by Crippen LogP contribution is 2.31. The van der Waals surface area contributed by atoms with Crippen LogP contribution in [-0.2, 0) is 17.8 Å². The molecule has 0 spiro atoms. The van der Waals surface area contributed by atoms with E-state index in [4.69, 9.17) is 21.1 Å². The summed E-state index contributed by atoms with van der Waals surface area (Å²) in [6.07, 6.45) is 4.06. The molecule has 0 bridgehead atoms. The van der Waals surface area contributed by atoms with Crippen LogP contribution in [-0.4, -0.2) is 33.5 Å². The Morgan fingerprint density at radius 3 is 2.82 bits per heavy atom. The molecule has 0 saturated heterocycles.